The predicted octanol–water partition coefficient (Wildman–Crippen LogP) is -4.82. The number of hydrogen-bond donors (Lipinski definition) is 0. The molecule has 0 spiro atoms. The summed E-state index contributed by atoms with van der Waals surface area (Å²) in [6.07, 6.45) is 2.50. The molecule has 0 aromatic rings. The van der Waals surface area contributed by atoms with Crippen molar-refractivity contribution in [2.45, 2.75) is 44.9 Å². The molecule has 124 valence electrons. The van der Waals surface area contributed by atoms with Crippen LogP contribution in [0.25, 0.3) is 0 Å². The van der Waals surface area contributed by atoms with Crippen molar-refractivity contribution in [2.24, 2.45) is 0 Å². The molecule has 0 aliphatic carbocycles. The molecule has 0 bridgehead atoms. The summed E-state index contributed by atoms with van der Waals surface area (Å²) in [6.45, 7) is 0. The van der Waals surface area contributed by atoms with Gasteiger partial charge in [-0.05, 0) is 12.8 Å². The molecule has 0 atom stereocenters. The van der Waals surface area contributed by atoms with Gasteiger partial charge in [-0.2, -0.15) is 0 Å². The quantitative estimate of drug-likeness (QED) is 0.185. The Morgan fingerprint density at radius 3 is 1.48 bits per heavy atom. The maximum Gasteiger partial charge on any atom is 1.00 e. The Labute approximate surface area is 180 Å². The SMILES string of the molecule is COP(=O)(OC)C(=O)CCCCCCCC(=O)P(=O)([O-])[O-].[Na+].[Na+]. The molecule has 0 saturated carbocycles. The third-order valence-corrected chi connectivity index (χ3v) is 5.50. The zero-order chi connectivity index (χ0) is 16.5. The Morgan fingerprint density at radius 1 is 0.783 bits per heavy atom. The Morgan fingerprint density at radius 2 is 1.13 bits per heavy atom. The first kappa shape index (κ1) is 29.4. The molecular weight excluding hydrogens is 368 g/mol. The second kappa shape index (κ2) is 14.8. The van der Waals surface area contributed by atoms with E-state index in [1.807, 2.05) is 0 Å². The van der Waals surface area contributed by atoms with Crippen molar-refractivity contribution in [1.29, 1.82) is 0 Å². The number of carbonyl (C=O) groups excluding carboxylic acids is 2. The van der Waals surface area contributed by atoms with Gasteiger partial charge in [-0.15, -0.1) is 0 Å². The summed E-state index contributed by atoms with van der Waals surface area (Å²) in [6, 6.07) is 0. The van der Waals surface area contributed by atoms with Crippen LogP contribution < -0.4 is 68.9 Å². The van der Waals surface area contributed by atoms with Crippen LogP contribution >= 0.6 is 15.2 Å². The van der Waals surface area contributed by atoms with Crippen molar-refractivity contribution in [2.75, 3.05) is 14.2 Å². The summed E-state index contributed by atoms with van der Waals surface area (Å²) < 4.78 is 31.2. The fourth-order valence-corrected chi connectivity index (χ4v) is 3.06. The molecule has 0 aromatic carbocycles. The zero-order valence-electron chi connectivity index (χ0n) is 14.1. The van der Waals surface area contributed by atoms with Crippen molar-refractivity contribution >= 4 is 26.2 Å². The maximum absolute atomic E-state index is 11.7. The van der Waals surface area contributed by atoms with Crippen LogP contribution in [0.5, 0.6) is 0 Å². The summed E-state index contributed by atoms with van der Waals surface area (Å²) in [5.41, 5.74) is -1.85. The molecule has 0 rings (SSSR count). The van der Waals surface area contributed by atoms with Gasteiger partial charge in [-0.25, -0.2) is 0 Å². The number of rotatable bonds is 12. The average Bonchev–Trinajstić information content (AvgIpc) is 2.43. The van der Waals surface area contributed by atoms with E-state index in [1.54, 1.807) is 0 Å². The Balaban J connectivity index is -0.00000200. The van der Waals surface area contributed by atoms with Gasteiger partial charge in [0.05, 0.1) is 0 Å². The molecule has 0 unspecified atom stereocenters. The first-order valence-corrected chi connectivity index (χ1v) is 9.56. The topological polar surface area (TPSA) is 133 Å². The van der Waals surface area contributed by atoms with E-state index in [0.717, 1.165) is 14.2 Å². The Bertz CT molecular complexity index is 443. The normalized spacial score (nSPS) is 11.3. The second-order valence-electron chi connectivity index (χ2n) is 4.42. The summed E-state index contributed by atoms with van der Waals surface area (Å²) in [5.74, 6) is 0. The third-order valence-electron chi connectivity index (χ3n) is 2.87. The van der Waals surface area contributed by atoms with Crippen molar-refractivity contribution in [3.8, 4) is 0 Å². The predicted molar refractivity (Wildman–Crippen MR) is 71.6 cm³/mol. The molecule has 23 heavy (non-hydrogen) atoms. The molecule has 0 N–H and O–H groups in total. The largest absolute Gasteiger partial charge is 1.00 e. The Hall–Kier alpha value is 1.64. The van der Waals surface area contributed by atoms with Crippen LogP contribution in [0.15, 0.2) is 0 Å². The van der Waals surface area contributed by atoms with Crippen LogP contribution in [0.1, 0.15) is 44.9 Å². The van der Waals surface area contributed by atoms with Crippen LogP contribution in [-0.2, 0) is 27.8 Å². The van der Waals surface area contributed by atoms with Gasteiger partial charge in [0, 0.05) is 34.7 Å². The van der Waals surface area contributed by atoms with E-state index >= 15 is 0 Å². The molecule has 12 heteroatoms. The molecule has 0 aromatic heterocycles. The van der Waals surface area contributed by atoms with Crippen molar-refractivity contribution < 1.29 is 96.7 Å². The third kappa shape index (κ3) is 12.6. The minimum absolute atomic E-state index is 0. The number of hydrogen-bond acceptors (Lipinski definition) is 8. The molecule has 0 saturated heterocycles. The van der Waals surface area contributed by atoms with E-state index in [0.29, 0.717) is 32.1 Å². The molecule has 8 nitrogen and oxygen atoms in total. The zero-order valence-corrected chi connectivity index (χ0v) is 19.9. The van der Waals surface area contributed by atoms with E-state index in [9.17, 15) is 28.5 Å². The fraction of sp³-hybridized carbons (Fsp3) is 0.818. The number of unbranched alkanes of at least 4 members (excludes halogenated alkanes) is 4. The average molecular weight is 388 g/mol. The van der Waals surface area contributed by atoms with Crippen LogP contribution in [0.2, 0.25) is 0 Å². The molecule has 0 aliphatic rings. The van der Waals surface area contributed by atoms with Gasteiger partial charge in [0.15, 0.2) is 5.52 Å². The van der Waals surface area contributed by atoms with Crippen molar-refractivity contribution in [3.05, 3.63) is 0 Å². The van der Waals surface area contributed by atoms with Crippen LogP contribution in [0.4, 0.5) is 0 Å². The minimum Gasteiger partial charge on any atom is -0.805 e. The van der Waals surface area contributed by atoms with Gasteiger partial charge < -0.3 is 23.4 Å². The van der Waals surface area contributed by atoms with Gasteiger partial charge in [-0.1, -0.05) is 19.3 Å². The van der Waals surface area contributed by atoms with Gasteiger partial charge in [0.2, 0.25) is 5.52 Å². The summed E-state index contributed by atoms with van der Waals surface area (Å²) in [5, 5.41) is 0. The van der Waals surface area contributed by atoms with Crippen LogP contribution in [-0.4, -0.2) is 25.3 Å². The van der Waals surface area contributed by atoms with Gasteiger partial charge in [0.1, 0.15) is 0 Å². The minimum atomic E-state index is -5.10. The number of carbonyl (C=O) groups is 2. The smallest absolute Gasteiger partial charge is 0.805 e. The molecule has 0 amide bonds. The molecule has 0 aliphatic heterocycles. The molecule has 0 radical (unpaired) electrons. The van der Waals surface area contributed by atoms with Gasteiger partial charge in [0.25, 0.3) is 0 Å². The van der Waals surface area contributed by atoms with Crippen LogP contribution in [0.3, 0.4) is 0 Å². The van der Waals surface area contributed by atoms with E-state index in [-0.39, 0.29) is 72.0 Å². The summed E-state index contributed by atoms with van der Waals surface area (Å²) in [4.78, 5) is 43.1. The summed E-state index contributed by atoms with van der Waals surface area (Å²) in [7, 11) is -6.46. The van der Waals surface area contributed by atoms with Crippen molar-refractivity contribution in [3.63, 3.8) is 0 Å². The standard InChI is InChI=1S/C11H22O8P2.2Na/c1-18-21(17,19-2)11(13)9-7-5-3-4-6-8-10(12)20(14,15)16;;/h3-9H2,1-2H3,(H2,14,15,16);;/q;2*+1/p-2. The maximum atomic E-state index is 11.7. The first-order chi connectivity index (χ1) is 9.67. The molecule has 0 heterocycles. The molecule has 0 fully saturated rings. The fourth-order valence-electron chi connectivity index (χ4n) is 1.63. The van der Waals surface area contributed by atoms with Crippen LogP contribution in [0, 0.1) is 0 Å². The van der Waals surface area contributed by atoms with E-state index in [1.165, 1.54) is 0 Å². The second-order valence-corrected chi connectivity index (χ2v) is 8.13. The van der Waals surface area contributed by atoms with E-state index in [2.05, 4.69) is 9.05 Å². The van der Waals surface area contributed by atoms with E-state index in [4.69, 9.17) is 0 Å². The molecular formula is C11H20Na2O8P2. The van der Waals surface area contributed by atoms with Gasteiger partial charge in [-0.3, -0.25) is 14.2 Å². The van der Waals surface area contributed by atoms with Gasteiger partial charge >= 0.3 is 66.7 Å². The van der Waals surface area contributed by atoms with E-state index < -0.39 is 26.2 Å². The summed E-state index contributed by atoms with van der Waals surface area (Å²) >= 11 is 0. The van der Waals surface area contributed by atoms with Crippen molar-refractivity contribution in [1.82, 2.24) is 0 Å². The monoisotopic (exact) mass is 388 g/mol. The first-order valence-electron chi connectivity index (χ1n) is 6.47. The Kier molecular flexibility index (Phi) is 18.9.